The van der Waals surface area contributed by atoms with Gasteiger partial charge in [0.1, 0.15) is 0 Å². The molecular weight excluding hydrogens is 265 g/mol. The van der Waals surface area contributed by atoms with Gasteiger partial charge in [0.25, 0.3) is 0 Å². The maximum atomic E-state index is 5.29. The van der Waals surface area contributed by atoms with Gasteiger partial charge in [-0.1, -0.05) is 29.5 Å². The fourth-order valence-corrected chi connectivity index (χ4v) is 1.38. The van der Waals surface area contributed by atoms with Crippen molar-refractivity contribution in [3.63, 3.8) is 0 Å². The lowest BCUT2D eigenvalue weighted by Crippen LogP contribution is -2.24. The second kappa shape index (κ2) is 4.77. The molecule has 1 rings (SSSR count). The fourth-order valence-electron chi connectivity index (χ4n) is 1.18. The van der Waals surface area contributed by atoms with Crippen molar-refractivity contribution in [3.8, 4) is 0 Å². The maximum Gasteiger partial charge on any atom is 0.0998 e. The minimum Gasteiger partial charge on any atom is -0.356 e. The molecule has 0 bridgehead atoms. The highest BCUT2D eigenvalue weighted by Gasteiger charge is 2.36. The van der Waals surface area contributed by atoms with E-state index in [0.717, 1.165) is 11.3 Å². The van der Waals surface area contributed by atoms with Crippen LogP contribution in [0.1, 0.15) is 26.2 Å². The van der Waals surface area contributed by atoms with Gasteiger partial charge in [0.15, 0.2) is 0 Å². The first-order valence-corrected chi connectivity index (χ1v) is 6.01. The molecule has 0 radical (unpaired) electrons. The molecule has 0 aliphatic heterocycles. The molecular formula is C9H18INO. The number of halogens is 1. The van der Waals surface area contributed by atoms with Crippen molar-refractivity contribution < 1.29 is 4.74 Å². The van der Waals surface area contributed by atoms with Crippen molar-refractivity contribution in [3.05, 3.63) is 0 Å². The molecule has 3 heteroatoms. The van der Waals surface area contributed by atoms with Crippen LogP contribution in [0.4, 0.5) is 0 Å². The third-order valence-electron chi connectivity index (χ3n) is 2.59. The van der Waals surface area contributed by atoms with Crippen LogP contribution < -0.4 is 0 Å². The smallest absolute Gasteiger partial charge is 0.0998 e. The fraction of sp³-hybridized carbons (Fsp3) is 1.00. The number of ether oxygens (including phenoxy) is 1. The molecule has 72 valence electrons. The zero-order valence-corrected chi connectivity index (χ0v) is 10.1. The summed E-state index contributed by atoms with van der Waals surface area (Å²) in [5, 5.41) is 0. The van der Waals surface area contributed by atoms with Gasteiger partial charge in [-0.3, -0.25) is 4.90 Å². The van der Waals surface area contributed by atoms with E-state index in [-0.39, 0.29) is 0 Å². The molecule has 0 heterocycles. The molecule has 1 saturated carbocycles. The Hall–Kier alpha value is 0.650. The third kappa shape index (κ3) is 4.05. The number of hydrogen-bond acceptors (Lipinski definition) is 2. The van der Waals surface area contributed by atoms with Gasteiger partial charge in [-0.15, -0.1) is 0 Å². The predicted octanol–water partition coefficient (Wildman–Crippen LogP) is 2.48. The van der Waals surface area contributed by atoms with E-state index in [9.17, 15) is 0 Å². The Kier molecular flexibility index (Phi) is 4.26. The van der Waals surface area contributed by atoms with E-state index in [2.05, 4.69) is 41.5 Å². The monoisotopic (exact) mass is 283 g/mol. The van der Waals surface area contributed by atoms with Crippen LogP contribution in [-0.2, 0) is 4.74 Å². The van der Waals surface area contributed by atoms with Crippen molar-refractivity contribution in [1.82, 2.24) is 4.90 Å². The van der Waals surface area contributed by atoms with Crippen LogP contribution >= 0.6 is 22.6 Å². The highest BCUT2D eigenvalue weighted by molar-refractivity contribution is 14.1. The van der Waals surface area contributed by atoms with E-state index in [1.165, 1.54) is 25.8 Å². The summed E-state index contributed by atoms with van der Waals surface area (Å²) in [5.74, 6) is 0. The van der Waals surface area contributed by atoms with Gasteiger partial charge < -0.3 is 4.74 Å². The van der Waals surface area contributed by atoms with Crippen molar-refractivity contribution in [2.45, 2.75) is 26.2 Å². The molecule has 1 aliphatic carbocycles. The number of hydrogen-bond donors (Lipinski definition) is 0. The summed E-state index contributed by atoms with van der Waals surface area (Å²) in [6, 6.07) is 0. The van der Waals surface area contributed by atoms with Gasteiger partial charge in [0, 0.05) is 6.54 Å². The predicted molar refractivity (Wildman–Crippen MR) is 59.4 cm³/mol. The van der Waals surface area contributed by atoms with Gasteiger partial charge in [-0.2, -0.15) is 0 Å². The highest BCUT2D eigenvalue weighted by atomic mass is 127. The molecule has 0 amide bonds. The lowest BCUT2D eigenvalue weighted by molar-refractivity contribution is 0.0731. The molecule has 0 unspecified atom stereocenters. The van der Waals surface area contributed by atoms with Crippen molar-refractivity contribution in [2.24, 2.45) is 5.41 Å². The standard InChI is InChI=1S/C9H18INO/c1-9(3-4-9)5-6-11(2)8-12-7-10/h3-8H2,1-2H3. The minimum absolute atomic E-state index is 0.679. The first-order chi connectivity index (χ1) is 5.66. The first-order valence-electron chi connectivity index (χ1n) is 4.48. The SMILES string of the molecule is CN(CCC1(C)CC1)COCI. The van der Waals surface area contributed by atoms with E-state index < -0.39 is 0 Å². The van der Waals surface area contributed by atoms with Crippen LogP contribution in [0.25, 0.3) is 0 Å². The summed E-state index contributed by atoms with van der Waals surface area (Å²) >= 11 is 2.23. The van der Waals surface area contributed by atoms with Gasteiger partial charge in [0.2, 0.25) is 0 Å². The Morgan fingerprint density at radius 3 is 2.67 bits per heavy atom. The molecule has 2 nitrogen and oxygen atoms in total. The van der Waals surface area contributed by atoms with Gasteiger partial charge in [0.05, 0.1) is 11.3 Å². The molecule has 12 heavy (non-hydrogen) atoms. The average molecular weight is 283 g/mol. The molecule has 0 saturated heterocycles. The number of alkyl halides is 1. The van der Waals surface area contributed by atoms with Gasteiger partial charge >= 0.3 is 0 Å². The molecule has 0 atom stereocenters. The van der Waals surface area contributed by atoms with Crippen LogP contribution in [0.2, 0.25) is 0 Å². The van der Waals surface area contributed by atoms with E-state index in [0.29, 0.717) is 5.41 Å². The molecule has 0 aromatic rings. The summed E-state index contributed by atoms with van der Waals surface area (Å²) in [4.78, 5) is 2.25. The summed E-state index contributed by atoms with van der Waals surface area (Å²) in [6.45, 7) is 4.33. The summed E-state index contributed by atoms with van der Waals surface area (Å²) in [7, 11) is 2.12. The van der Waals surface area contributed by atoms with Crippen LogP contribution in [0.3, 0.4) is 0 Å². The van der Waals surface area contributed by atoms with E-state index in [1.54, 1.807) is 0 Å². The van der Waals surface area contributed by atoms with Crippen molar-refractivity contribution in [1.29, 1.82) is 0 Å². The number of nitrogens with zero attached hydrogens (tertiary/aromatic N) is 1. The zero-order chi connectivity index (χ0) is 9.03. The molecule has 1 fully saturated rings. The van der Waals surface area contributed by atoms with E-state index in [4.69, 9.17) is 4.74 Å². The maximum absolute atomic E-state index is 5.29. The van der Waals surface area contributed by atoms with Crippen LogP contribution in [0, 0.1) is 5.41 Å². The quantitative estimate of drug-likeness (QED) is 0.422. The third-order valence-corrected chi connectivity index (χ3v) is 3.03. The van der Waals surface area contributed by atoms with Crippen LogP contribution in [0.5, 0.6) is 0 Å². The Morgan fingerprint density at radius 1 is 1.50 bits per heavy atom. The highest BCUT2D eigenvalue weighted by Crippen LogP contribution is 2.47. The lowest BCUT2D eigenvalue weighted by Gasteiger charge is -2.17. The molecule has 0 spiro atoms. The van der Waals surface area contributed by atoms with E-state index >= 15 is 0 Å². The minimum atomic E-state index is 0.679. The van der Waals surface area contributed by atoms with Crippen molar-refractivity contribution in [2.75, 3.05) is 24.9 Å². The molecule has 0 aromatic carbocycles. The first kappa shape index (κ1) is 10.7. The Balaban J connectivity index is 1.98. The second-order valence-electron chi connectivity index (χ2n) is 4.08. The molecule has 1 aliphatic rings. The number of rotatable bonds is 6. The Bertz CT molecular complexity index is 136. The molecule has 0 aromatic heterocycles. The summed E-state index contributed by atoms with van der Waals surface area (Å²) in [6.07, 6.45) is 4.18. The zero-order valence-electron chi connectivity index (χ0n) is 7.98. The Labute approximate surface area is 88.8 Å². The lowest BCUT2D eigenvalue weighted by atomic mass is 10.1. The van der Waals surface area contributed by atoms with Gasteiger partial charge in [-0.05, 0) is 31.7 Å². The largest absolute Gasteiger partial charge is 0.356 e. The average Bonchev–Trinajstić information content (AvgIpc) is 2.77. The summed E-state index contributed by atoms with van der Waals surface area (Å²) in [5.41, 5.74) is 0.679. The summed E-state index contributed by atoms with van der Waals surface area (Å²) < 4.78 is 6.08. The topological polar surface area (TPSA) is 12.5 Å². The van der Waals surface area contributed by atoms with Crippen LogP contribution in [-0.4, -0.2) is 29.8 Å². The Morgan fingerprint density at radius 2 is 2.17 bits per heavy atom. The van der Waals surface area contributed by atoms with Gasteiger partial charge in [-0.25, -0.2) is 0 Å². The second-order valence-corrected chi connectivity index (χ2v) is 4.71. The molecule has 0 N–H and O–H groups in total. The van der Waals surface area contributed by atoms with Crippen molar-refractivity contribution >= 4 is 22.6 Å². The normalized spacial score (nSPS) is 20.0. The van der Waals surface area contributed by atoms with E-state index in [1.807, 2.05) is 0 Å². The van der Waals surface area contributed by atoms with Crippen LogP contribution in [0.15, 0.2) is 0 Å².